The van der Waals surface area contributed by atoms with Crippen LogP contribution in [-0.2, 0) is 6.42 Å². The van der Waals surface area contributed by atoms with Gasteiger partial charge in [-0.15, -0.1) is 0 Å². The summed E-state index contributed by atoms with van der Waals surface area (Å²) < 4.78 is 10.9. The van der Waals surface area contributed by atoms with Crippen molar-refractivity contribution in [2.45, 2.75) is 51.5 Å². The van der Waals surface area contributed by atoms with Crippen molar-refractivity contribution in [3.63, 3.8) is 0 Å². The molecule has 0 aromatic heterocycles. The third-order valence-electron chi connectivity index (χ3n) is 10.2. The lowest BCUT2D eigenvalue weighted by molar-refractivity contribution is 0.0589. The van der Waals surface area contributed by atoms with Crippen LogP contribution >= 0.6 is 0 Å². The van der Waals surface area contributed by atoms with E-state index in [0.29, 0.717) is 36.5 Å². The lowest BCUT2D eigenvalue weighted by Crippen LogP contribution is -2.53. The zero-order chi connectivity index (χ0) is 31.6. The Hall–Kier alpha value is -3.40. The normalized spacial score (nSPS) is 25.6. The van der Waals surface area contributed by atoms with Crippen LogP contribution in [0.1, 0.15) is 44.6 Å². The molecule has 1 aromatic carbocycles. The van der Waals surface area contributed by atoms with Crippen molar-refractivity contribution in [1.82, 2.24) is 14.7 Å². The number of piperidine rings is 1. The van der Waals surface area contributed by atoms with Gasteiger partial charge < -0.3 is 30.1 Å². The zero-order valence-electron chi connectivity index (χ0n) is 27.5. The first-order valence-electron chi connectivity index (χ1n) is 16.5. The third-order valence-corrected chi connectivity index (χ3v) is 10.2. The van der Waals surface area contributed by atoms with Crippen LogP contribution in [0, 0.1) is 16.2 Å². The molecular weight excluding hydrogens is 562 g/mol. The quantitative estimate of drug-likeness (QED) is 0.417. The fraction of sp³-hybridized carbons (Fsp3) is 0.556. The summed E-state index contributed by atoms with van der Waals surface area (Å²) in [6.45, 7) is 10.8. The van der Waals surface area contributed by atoms with Crippen molar-refractivity contribution in [3.8, 4) is 11.5 Å². The fourth-order valence-corrected chi connectivity index (χ4v) is 7.38. The van der Waals surface area contributed by atoms with E-state index in [-0.39, 0.29) is 5.41 Å². The molecule has 9 nitrogen and oxygen atoms in total. The second-order valence-corrected chi connectivity index (χ2v) is 13.7. The largest absolute Gasteiger partial charge is 0.497 e. The summed E-state index contributed by atoms with van der Waals surface area (Å²) in [5.41, 5.74) is 6.77. The molecule has 2 N–H and O–H groups in total. The molecule has 0 radical (unpaired) electrons. The highest BCUT2D eigenvalue weighted by Gasteiger charge is 2.35. The maximum atomic E-state index is 8.86. The van der Waals surface area contributed by atoms with E-state index < -0.39 is 0 Å². The van der Waals surface area contributed by atoms with E-state index >= 15 is 0 Å². The molecule has 1 atom stereocenters. The minimum absolute atomic E-state index is 0.0168. The number of methoxy groups -OCH3 is 2. The molecular formula is C36H49N7O2. The maximum absolute atomic E-state index is 8.86. The molecule has 0 amide bonds. The molecule has 4 aliphatic heterocycles. The Labute approximate surface area is 268 Å². The number of aliphatic imine (C=N–C) groups is 2. The van der Waals surface area contributed by atoms with Crippen LogP contribution in [0.2, 0.25) is 0 Å². The number of benzene rings is 1. The van der Waals surface area contributed by atoms with Crippen LogP contribution in [0.5, 0.6) is 11.5 Å². The van der Waals surface area contributed by atoms with Gasteiger partial charge in [-0.3, -0.25) is 9.89 Å². The van der Waals surface area contributed by atoms with Crippen LogP contribution in [0.4, 0.5) is 0 Å². The first-order valence-corrected chi connectivity index (χ1v) is 16.5. The minimum atomic E-state index is 0.0168. The van der Waals surface area contributed by atoms with Gasteiger partial charge in [-0.1, -0.05) is 19.1 Å². The van der Waals surface area contributed by atoms with Crippen LogP contribution in [0.15, 0.2) is 63.3 Å². The highest BCUT2D eigenvalue weighted by molar-refractivity contribution is 6.71. The van der Waals surface area contributed by atoms with Crippen LogP contribution in [0.3, 0.4) is 0 Å². The predicted octanol–water partition coefficient (Wildman–Crippen LogP) is 4.83. The second kappa shape index (κ2) is 13.5. The third kappa shape index (κ3) is 7.37. The van der Waals surface area contributed by atoms with Gasteiger partial charge in [-0.2, -0.15) is 0 Å². The molecule has 4 heterocycles. The lowest BCUT2D eigenvalue weighted by Gasteiger charge is -2.44. The Morgan fingerprint density at radius 3 is 2.33 bits per heavy atom. The van der Waals surface area contributed by atoms with Gasteiger partial charge in [0.2, 0.25) is 0 Å². The number of likely N-dealkylation sites (tertiary alicyclic amines) is 1. The molecule has 1 aromatic rings. The minimum Gasteiger partial charge on any atom is -0.497 e. The summed E-state index contributed by atoms with van der Waals surface area (Å²) in [6.07, 6.45) is 12.0. The summed E-state index contributed by atoms with van der Waals surface area (Å²) in [4.78, 5) is 17.6. The first kappa shape index (κ1) is 31.6. The van der Waals surface area contributed by atoms with Gasteiger partial charge in [0.25, 0.3) is 0 Å². The second-order valence-electron chi connectivity index (χ2n) is 13.7. The smallest absolute Gasteiger partial charge is 0.122 e. The van der Waals surface area contributed by atoms with Crippen molar-refractivity contribution in [3.05, 3.63) is 58.8 Å². The number of nitrogens with zero attached hydrogens (tertiary/aromatic N) is 5. The molecule has 45 heavy (non-hydrogen) atoms. The average Bonchev–Trinajstić information content (AvgIpc) is 3.05. The Morgan fingerprint density at radius 1 is 0.933 bits per heavy atom. The molecule has 0 saturated carbocycles. The van der Waals surface area contributed by atoms with Crippen LogP contribution < -0.4 is 9.47 Å². The molecule has 1 unspecified atom stereocenters. The number of rotatable bonds is 9. The summed E-state index contributed by atoms with van der Waals surface area (Å²) in [7, 11) is 5.54. The maximum Gasteiger partial charge on any atom is 0.122 e. The SMILES string of the molecule is COc1cc(CCC2=CC(C3=NC4=C(C=CC(C)(CN5CCC(N6CCN(C)CC6)CC5)C4)CC3=N)=NCC2=N)cc(OC)c1. The van der Waals surface area contributed by atoms with Crippen LogP contribution in [-0.4, -0.2) is 117 Å². The van der Waals surface area contributed by atoms with Gasteiger partial charge >= 0.3 is 0 Å². The van der Waals surface area contributed by atoms with Gasteiger partial charge in [0, 0.05) is 68.8 Å². The summed E-state index contributed by atoms with van der Waals surface area (Å²) in [5.74, 6) is 1.52. The van der Waals surface area contributed by atoms with Crippen molar-refractivity contribution >= 4 is 22.8 Å². The summed E-state index contributed by atoms with van der Waals surface area (Å²) in [5, 5.41) is 17.4. The van der Waals surface area contributed by atoms with Crippen LogP contribution in [0.25, 0.3) is 0 Å². The standard InChI is InChI=1S/C36H49N7O2/c1-36(24-42-11-8-28(9-12-42)43-15-13-41(2)14-16-43)10-7-27-19-31(37)35(40-34(27)22-36)33-20-26(32(38)23-39-33)6-5-25-17-29(44-3)21-30(18-25)45-4/h7,10,17-18,20-21,28,37-38H,5-6,8-9,11-16,19,22-24H2,1-4H3. The number of dihydropyridines is 1. The number of hydrogen-bond acceptors (Lipinski definition) is 9. The lowest BCUT2D eigenvalue weighted by atomic mass is 9.77. The molecule has 0 bridgehead atoms. The molecule has 2 saturated heterocycles. The Bertz CT molecular complexity index is 1450. The number of likely N-dealkylation sites (N-methyl/N-ethyl adjacent to an activating group) is 1. The molecule has 5 aliphatic rings. The molecule has 2 fully saturated rings. The topological polar surface area (TPSA) is 101 Å². The van der Waals surface area contributed by atoms with Gasteiger partial charge in [0.05, 0.1) is 37.9 Å². The van der Waals surface area contributed by atoms with Crippen molar-refractivity contribution in [1.29, 1.82) is 10.8 Å². The van der Waals surface area contributed by atoms with E-state index in [9.17, 15) is 0 Å². The number of aryl methyl sites for hydroxylation is 1. The molecule has 9 heteroatoms. The van der Waals surface area contributed by atoms with E-state index in [1.165, 1.54) is 39.0 Å². The summed E-state index contributed by atoms with van der Waals surface area (Å²) >= 11 is 0. The monoisotopic (exact) mass is 611 g/mol. The van der Waals surface area contributed by atoms with Crippen molar-refractivity contribution in [2.24, 2.45) is 15.4 Å². The van der Waals surface area contributed by atoms with E-state index in [4.69, 9.17) is 30.3 Å². The summed E-state index contributed by atoms with van der Waals surface area (Å²) in [6, 6.07) is 6.63. The van der Waals surface area contributed by atoms with Gasteiger partial charge in [0.15, 0.2) is 0 Å². The Kier molecular flexibility index (Phi) is 9.49. The predicted molar refractivity (Wildman–Crippen MR) is 183 cm³/mol. The highest BCUT2D eigenvalue weighted by atomic mass is 16.5. The molecule has 6 rings (SSSR count). The van der Waals surface area contributed by atoms with E-state index in [1.54, 1.807) is 14.2 Å². The highest BCUT2D eigenvalue weighted by Crippen LogP contribution is 2.39. The molecule has 1 aliphatic carbocycles. The van der Waals surface area contributed by atoms with E-state index in [1.807, 2.05) is 24.3 Å². The number of ether oxygens (including phenoxy) is 2. The number of hydrogen-bond donors (Lipinski definition) is 2. The van der Waals surface area contributed by atoms with Crippen molar-refractivity contribution < 1.29 is 9.47 Å². The zero-order valence-corrected chi connectivity index (χ0v) is 27.5. The Balaban J connectivity index is 1.10. The number of allylic oxidation sites excluding steroid dienone is 4. The van der Waals surface area contributed by atoms with Gasteiger partial charge in [0.1, 0.15) is 17.2 Å². The van der Waals surface area contributed by atoms with Gasteiger partial charge in [-0.25, -0.2) is 4.99 Å². The van der Waals surface area contributed by atoms with E-state index in [0.717, 1.165) is 78.1 Å². The average molecular weight is 612 g/mol. The fourth-order valence-electron chi connectivity index (χ4n) is 7.38. The number of piperazine rings is 1. The molecule has 0 spiro atoms. The van der Waals surface area contributed by atoms with Crippen molar-refractivity contribution in [2.75, 3.05) is 73.6 Å². The number of nitrogens with one attached hydrogen (secondary N) is 2. The first-order chi connectivity index (χ1) is 21.7. The van der Waals surface area contributed by atoms with Gasteiger partial charge in [-0.05, 0) is 80.7 Å². The Morgan fingerprint density at radius 2 is 1.64 bits per heavy atom. The van der Waals surface area contributed by atoms with E-state index in [2.05, 4.69) is 40.8 Å². The molecule has 240 valence electrons.